The van der Waals surface area contributed by atoms with Gasteiger partial charge in [0.25, 0.3) is 11.8 Å². The molecule has 0 unspecified atom stereocenters. The third kappa shape index (κ3) is 3.94. The van der Waals surface area contributed by atoms with Crippen LogP contribution in [0, 0.1) is 0 Å². The fourth-order valence-electron chi connectivity index (χ4n) is 2.63. The molecule has 8 nitrogen and oxygen atoms in total. The van der Waals surface area contributed by atoms with Gasteiger partial charge in [-0.3, -0.25) is 14.9 Å². The summed E-state index contributed by atoms with van der Waals surface area (Å²) < 4.78 is 16.8. The van der Waals surface area contributed by atoms with E-state index in [1.807, 2.05) is 6.92 Å². The molecule has 0 radical (unpaired) electrons. The number of urea groups is 1. The number of carbonyl (C=O) groups excluding carboxylic acids is 3. The number of ether oxygens (including phenoxy) is 2. The van der Waals surface area contributed by atoms with Crippen molar-refractivity contribution >= 4 is 45.5 Å². The van der Waals surface area contributed by atoms with E-state index >= 15 is 0 Å². The predicted molar refractivity (Wildman–Crippen MR) is 104 cm³/mol. The molecule has 1 N–H and O–H groups in total. The molecule has 1 aromatic heterocycles. The molecule has 9 heteroatoms. The zero-order valence-corrected chi connectivity index (χ0v) is 16.7. The molecule has 1 saturated heterocycles. The van der Waals surface area contributed by atoms with Crippen LogP contribution in [-0.4, -0.2) is 31.1 Å². The van der Waals surface area contributed by atoms with Gasteiger partial charge in [0, 0.05) is 6.07 Å². The highest BCUT2D eigenvalue weighted by atomic mass is 79.9. The van der Waals surface area contributed by atoms with E-state index in [1.165, 1.54) is 12.1 Å². The number of benzene rings is 1. The summed E-state index contributed by atoms with van der Waals surface area (Å²) in [4.78, 5) is 38.5. The van der Waals surface area contributed by atoms with Gasteiger partial charge in [0.2, 0.25) is 0 Å². The van der Waals surface area contributed by atoms with Crippen LogP contribution in [0.4, 0.5) is 10.5 Å². The zero-order valence-electron chi connectivity index (χ0n) is 15.2. The lowest BCUT2D eigenvalue weighted by Crippen LogP contribution is -2.54. The second kappa shape index (κ2) is 8.30. The molecular formula is C19H17BrN2O6. The van der Waals surface area contributed by atoms with Crippen LogP contribution in [0.2, 0.25) is 0 Å². The van der Waals surface area contributed by atoms with Crippen LogP contribution in [-0.2, 0) is 9.59 Å². The molecule has 0 spiro atoms. The van der Waals surface area contributed by atoms with Crippen molar-refractivity contribution in [1.29, 1.82) is 0 Å². The van der Waals surface area contributed by atoms with Crippen LogP contribution in [0.25, 0.3) is 6.08 Å². The number of hydrogen-bond acceptors (Lipinski definition) is 6. The molecule has 28 heavy (non-hydrogen) atoms. The topological polar surface area (TPSA) is 98.1 Å². The smallest absolute Gasteiger partial charge is 0.336 e. The number of carbonyl (C=O) groups is 3. The highest BCUT2D eigenvalue weighted by Crippen LogP contribution is 2.35. The van der Waals surface area contributed by atoms with Gasteiger partial charge in [0.05, 0.1) is 18.9 Å². The Morgan fingerprint density at radius 3 is 2.50 bits per heavy atom. The van der Waals surface area contributed by atoms with Crippen molar-refractivity contribution < 1.29 is 28.3 Å². The van der Waals surface area contributed by atoms with E-state index in [-0.39, 0.29) is 17.0 Å². The molecule has 1 aliphatic heterocycles. The van der Waals surface area contributed by atoms with Crippen molar-refractivity contribution in [2.24, 2.45) is 0 Å². The third-order valence-electron chi connectivity index (χ3n) is 3.76. The number of hydrogen-bond donors (Lipinski definition) is 1. The average molecular weight is 449 g/mol. The van der Waals surface area contributed by atoms with Gasteiger partial charge in [0.15, 0.2) is 4.67 Å². The Kier molecular flexibility index (Phi) is 5.84. The summed E-state index contributed by atoms with van der Waals surface area (Å²) in [6, 6.07) is 7.13. The number of imide groups is 2. The SMILES string of the molecule is CCOc1ccc(OCC)c(N2C(=O)NC(=O)/C(=C/c3ccc(Br)o3)C2=O)c1. The van der Waals surface area contributed by atoms with E-state index in [0.29, 0.717) is 29.4 Å². The Morgan fingerprint density at radius 2 is 1.86 bits per heavy atom. The van der Waals surface area contributed by atoms with Crippen molar-refractivity contribution in [2.75, 3.05) is 18.1 Å². The molecular weight excluding hydrogens is 432 g/mol. The molecule has 0 aliphatic carbocycles. The first-order valence-corrected chi connectivity index (χ1v) is 9.30. The fourth-order valence-corrected chi connectivity index (χ4v) is 2.95. The second-order valence-electron chi connectivity index (χ2n) is 5.60. The van der Waals surface area contributed by atoms with Gasteiger partial charge in [-0.2, -0.15) is 0 Å². The number of nitrogens with one attached hydrogen (secondary N) is 1. The lowest BCUT2D eigenvalue weighted by molar-refractivity contribution is -0.122. The lowest BCUT2D eigenvalue weighted by atomic mass is 10.1. The van der Waals surface area contributed by atoms with Gasteiger partial charge in [-0.15, -0.1) is 0 Å². The zero-order chi connectivity index (χ0) is 20.3. The molecule has 3 rings (SSSR count). The highest BCUT2D eigenvalue weighted by molar-refractivity contribution is 9.10. The molecule has 0 atom stereocenters. The summed E-state index contributed by atoms with van der Waals surface area (Å²) >= 11 is 3.16. The number of nitrogens with zero attached hydrogens (tertiary/aromatic N) is 1. The molecule has 2 heterocycles. The van der Waals surface area contributed by atoms with E-state index in [1.54, 1.807) is 31.2 Å². The maximum absolute atomic E-state index is 13.0. The highest BCUT2D eigenvalue weighted by Gasteiger charge is 2.38. The number of furan rings is 1. The molecule has 1 aliphatic rings. The molecule has 4 amide bonds. The van der Waals surface area contributed by atoms with Crippen LogP contribution >= 0.6 is 15.9 Å². The van der Waals surface area contributed by atoms with E-state index in [4.69, 9.17) is 13.9 Å². The van der Waals surface area contributed by atoms with Crippen molar-refractivity contribution in [1.82, 2.24) is 5.32 Å². The Bertz CT molecular complexity index is 965. The lowest BCUT2D eigenvalue weighted by Gasteiger charge is -2.28. The number of rotatable bonds is 6. The molecule has 0 bridgehead atoms. The Hall–Kier alpha value is -3.07. The first-order chi connectivity index (χ1) is 13.4. The van der Waals surface area contributed by atoms with Crippen LogP contribution < -0.4 is 19.7 Å². The third-order valence-corrected chi connectivity index (χ3v) is 4.19. The molecule has 2 aromatic rings. The van der Waals surface area contributed by atoms with Crippen LogP contribution in [0.1, 0.15) is 19.6 Å². The number of anilines is 1. The molecule has 1 aromatic carbocycles. The molecule has 146 valence electrons. The van der Waals surface area contributed by atoms with Gasteiger partial charge in [-0.05, 0) is 60.1 Å². The standard InChI is InChI=1S/C19H17BrN2O6/c1-3-26-11-5-7-15(27-4-2)14(10-11)22-18(24)13(17(23)21-19(22)25)9-12-6-8-16(20)28-12/h5-10H,3-4H2,1-2H3,(H,21,23,25)/b13-9-. The van der Waals surface area contributed by atoms with Crippen LogP contribution in [0.3, 0.4) is 0 Å². The maximum Gasteiger partial charge on any atom is 0.336 e. The minimum atomic E-state index is -0.873. The first kappa shape index (κ1) is 19.7. The van der Waals surface area contributed by atoms with Gasteiger partial charge in [-0.25, -0.2) is 9.69 Å². The van der Waals surface area contributed by atoms with Crippen molar-refractivity contribution in [3.63, 3.8) is 0 Å². The van der Waals surface area contributed by atoms with E-state index in [9.17, 15) is 14.4 Å². The summed E-state index contributed by atoms with van der Waals surface area (Å²) in [5, 5.41) is 2.17. The Balaban J connectivity index is 2.06. The minimum Gasteiger partial charge on any atom is -0.494 e. The number of halogens is 1. The van der Waals surface area contributed by atoms with Gasteiger partial charge >= 0.3 is 6.03 Å². The van der Waals surface area contributed by atoms with Crippen LogP contribution in [0.15, 0.2) is 45.0 Å². The van der Waals surface area contributed by atoms with E-state index in [2.05, 4.69) is 21.2 Å². The monoisotopic (exact) mass is 448 g/mol. The quantitative estimate of drug-likeness (QED) is 0.536. The minimum absolute atomic E-state index is 0.175. The fraction of sp³-hybridized carbons (Fsp3) is 0.211. The Morgan fingerprint density at radius 1 is 1.11 bits per heavy atom. The average Bonchev–Trinajstić information content (AvgIpc) is 3.06. The molecule has 0 saturated carbocycles. The summed E-state index contributed by atoms with van der Waals surface area (Å²) in [5.74, 6) is -0.552. The summed E-state index contributed by atoms with van der Waals surface area (Å²) in [5.41, 5.74) is -0.0694. The van der Waals surface area contributed by atoms with Crippen molar-refractivity contribution in [3.8, 4) is 11.5 Å². The predicted octanol–water partition coefficient (Wildman–Crippen LogP) is 3.51. The number of amides is 4. The maximum atomic E-state index is 13.0. The van der Waals surface area contributed by atoms with E-state index < -0.39 is 17.8 Å². The van der Waals surface area contributed by atoms with E-state index in [0.717, 1.165) is 4.90 Å². The van der Waals surface area contributed by atoms with Crippen molar-refractivity contribution in [2.45, 2.75) is 13.8 Å². The normalized spacial score (nSPS) is 15.8. The molecule has 1 fully saturated rings. The summed E-state index contributed by atoms with van der Waals surface area (Å²) in [6.45, 7) is 4.33. The largest absolute Gasteiger partial charge is 0.494 e. The van der Waals surface area contributed by atoms with Gasteiger partial charge in [0.1, 0.15) is 22.8 Å². The van der Waals surface area contributed by atoms with Crippen LogP contribution in [0.5, 0.6) is 11.5 Å². The van der Waals surface area contributed by atoms with Gasteiger partial charge in [-0.1, -0.05) is 0 Å². The number of barbiturate groups is 1. The van der Waals surface area contributed by atoms with Gasteiger partial charge < -0.3 is 13.9 Å². The summed E-state index contributed by atoms with van der Waals surface area (Å²) in [7, 11) is 0. The first-order valence-electron chi connectivity index (χ1n) is 8.51. The second-order valence-corrected chi connectivity index (χ2v) is 6.38. The van der Waals surface area contributed by atoms with Crippen molar-refractivity contribution in [3.05, 3.63) is 46.3 Å². The summed E-state index contributed by atoms with van der Waals surface area (Å²) in [6.07, 6.45) is 1.27. The Labute approximate surface area is 169 Å².